The number of aryl methyl sites for hydroxylation is 1. The van der Waals surface area contributed by atoms with E-state index in [-0.39, 0.29) is 28.7 Å². The molecule has 1 heterocycles. The second-order valence-corrected chi connectivity index (χ2v) is 5.94. The van der Waals surface area contributed by atoms with Crippen LogP contribution in [0.2, 0.25) is 5.02 Å². The van der Waals surface area contributed by atoms with Crippen molar-refractivity contribution in [2.75, 3.05) is 6.61 Å². The molecule has 1 amide bonds. The number of rotatable bonds is 2. The first-order chi connectivity index (χ1) is 11.9. The van der Waals surface area contributed by atoms with Crippen LogP contribution >= 0.6 is 11.6 Å². The molecule has 2 aromatic carbocycles. The van der Waals surface area contributed by atoms with E-state index in [1.54, 1.807) is 43.3 Å². The molecule has 0 unspecified atom stereocenters. The zero-order valence-corrected chi connectivity index (χ0v) is 14.1. The van der Waals surface area contributed by atoms with Crippen molar-refractivity contribution in [1.82, 2.24) is 0 Å². The number of fused-ring (bicyclic) bond motifs is 1. The highest BCUT2D eigenvalue weighted by Crippen LogP contribution is 2.39. The van der Waals surface area contributed by atoms with Crippen LogP contribution in [0.25, 0.3) is 5.57 Å². The third-order valence-electron chi connectivity index (χ3n) is 3.83. The second-order valence-electron chi connectivity index (χ2n) is 5.53. The fraction of sp³-hybridized carbons (Fsp3) is 0.111. The number of nitrogens with zero attached hydrogens (tertiary/aromatic N) is 1. The van der Waals surface area contributed by atoms with Gasteiger partial charge in [-0.2, -0.15) is 4.99 Å². The monoisotopic (exact) mass is 359 g/mol. The van der Waals surface area contributed by atoms with E-state index in [0.717, 1.165) is 0 Å². The molecular formula is C18H15ClFN3O2. The number of carbonyl (C=O) groups is 1. The van der Waals surface area contributed by atoms with Crippen molar-refractivity contribution in [2.24, 2.45) is 16.5 Å². The van der Waals surface area contributed by atoms with Crippen molar-refractivity contribution >= 4 is 29.0 Å². The van der Waals surface area contributed by atoms with Gasteiger partial charge in [0.05, 0.1) is 5.02 Å². The largest absolute Gasteiger partial charge is 0.489 e. The van der Waals surface area contributed by atoms with Crippen LogP contribution in [-0.4, -0.2) is 18.5 Å². The summed E-state index contributed by atoms with van der Waals surface area (Å²) in [6.07, 6.45) is 1.72. The molecule has 1 aliphatic heterocycles. The quantitative estimate of drug-likeness (QED) is 0.637. The van der Waals surface area contributed by atoms with Gasteiger partial charge in [-0.1, -0.05) is 17.7 Å². The molecule has 0 radical (unpaired) electrons. The van der Waals surface area contributed by atoms with Crippen molar-refractivity contribution in [3.8, 4) is 5.75 Å². The van der Waals surface area contributed by atoms with Gasteiger partial charge in [0.1, 0.15) is 18.2 Å². The summed E-state index contributed by atoms with van der Waals surface area (Å²) in [5, 5.41) is 0.281. The Hall–Kier alpha value is -2.86. The van der Waals surface area contributed by atoms with Gasteiger partial charge in [0.2, 0.25) is 0 Å². The molecule has 128 valence electrons. The lowest BCUT2D eigenvalue weighted by Crippen LogP contribution is -2.24. The van der Waals surface area contributed by atoms with Gasteiger partial charge < -0.3 is 16.2 Å². The maximum Gasteiger partial charge on any atom is 0.280 e. The number of ether oxygens (including phenoxy) is 1. The van der Waals surface area contributed by atoms with Crippen LogP contribution in [0.1, 0.15) is 27.0 Å². The first kappa shape index (κ1) is 17.0. The van der Waals surface area contributed by atoms with Crippen molar-refractivity contribution in [3.63, 3.8) is 0 Å². The number of benzene rings is 2. The highest BCUT2D eigenvalue weighted by Gasteiger charge is 2.23. The van der Waals surface area contributed by atoms with E-state index >= 15 is 0 Å². The molecular weight excluding hydrogens is 345 g/mol. The SMILES string of the molecule is Cc1ccc(Cl)c(C2=CCOc3ccc(C(=O)N=C(N)N)cc32)c1F. The molecule has 7 heteroatoms. The van der Waals surface area contributed by atoms with Gasteiger partial charge in [-0.05, 0) is 48.4 Å². The third-order valence-corrected chi connectivity index (χ3v) is 4.14. The Morgan fingerprint density at radius 1 is 1.28 bits per heavy atom. The molecule has 2 aromatic rings. The minimum atomic E-state index is -0.594. The lowest BCUT2D eigenvalue weighted by Gasteiger charge is -2.21. The number of guanidine groups is 1. The third kappa shape index (κ3) is 3.21. The average Bonchev–Trinajstić information content (AvgIpc) is 2.57. The normalized spacial score (nSPS) is 12.7. The van der Waals surface area contributed by atoms with E-state index in [9.17, 15) is 9.18 Å². The molecule has 5 nitrogen and oxygen atoms in total. The first-order valence-corrected chi connectivity index (χ1v) is 7.82. The van der Waals surface area contributed by atoms with Crippen LogP contribution in [0.5, 0.6) is 5.75 Å². The average molecular weight is 360 g/mol. The zero-order valence-electron chi connectivity index (χ0n) is 13.3. The standard InChI is InChI=1S/C18H15ClFN3O2/c1-9-2-4-13(19)15(16(9)20)11-6-7-25-14-5-3-10(8-12(11)14)17(24)23-18(21)22/h2-6,8H,7H2,1H3,(H4,21,22,23,24). The number of nitrogens with two attached hydrogens (primary N) is 2. The Morgan fingerprint density at radius 2 is 2.04 bits per heavy atom. The Bertz CT molecular complexity index is 934. The Balaban J connectivity index is 2.16. The number of hydrogen-bond donors (Lipinski definition) is 2. The minimum Gasteiger partial charge on any atom is -0.489 e. The molecule has 0 aliphatic carbocycles. The number of hydrogen-bond acceptors (Lipinski definition) is 2. The predicted octanol–water partition coefficient (Wildman–Crippen LogP) is 3.03. The minimum absolute atomic E-state index is 0.257. The molecule has 1 aliphatic rings. The van der Waals surface area contributed by atoms with E-state index < -0.39 is 11.7 Å². The van der Waals surface area contributed by atoms with Gasteiger partial charge in [0.25, 0.3) is 5.91 Å². The number of carbonyl (C=O) groups excluding carboxylic acids is 1. The summed E-state index contributed by atoms with van der Waals surface area (Å²) in [4.78, 5) is 15.6. The molecule has 0 fully saturated rings. The molecule has 0 atom stereocenters. The fourth-order valence-corrected chi connectivity index (χ4v) is 2.89. The van der Waals surface area contributed by atoms with E-state index in [0.29, 0.717) is 22.4 Å². The lowest BCUT2D eigenvalue weighted by atomic mass is 9.92. The van der Waals surface area contributed by atoms with Gasteiger partial charge in [0, 0.05) is 16.7 Å². The smallest absolute Gasteiger partial charge is 0.280 e. The summed E-state index contributed by atoms with van der Waals surface area (Å²) < 4.78 is 20.2. The van der Waals surface area contributed by atoms with Gasteiger partial charge in [-0.25, -0.2) is 4.39 Å². The first-order valence-electron chi connectivity index (χ1n) is 7.45. The van der Waals surface area contributed by atoms with E-state index in [4.69, 9.17) is 27.8 Å². The van der Waals surface area contributed by atoms with E-state index in [1.807, 2.05) is 0 Å². The second kappa shape index (κ2) is 6.57. The summed E-state index contributed by atoms with van der Waals surface area (Å²) >= 11 is 6.23. The molecule has 0 spiro atoms. The molecule has 3 rings (SSSR count). The molecule has 0 saturated heterocycles. The topological polar surface area (TPSA) is 90.7 Å². The van der Waals surface area contributed by atoms with Crippen LogP contribution in [0, 0.1) is 12.7 Å². The Labute approximate surface area is 148 Å². The molecule has 0 aromatic heterocycles. The molecule has 0 saturated carbocycles. The van der Waals surface area contributed by atoms with E-state index in [2.05, 4.69) is 4.99 Å². The van der Waals surface area contributed by atoms with Crippen molar-refractivity contribution < 1.29 is 13.9 Å². The van der Waals surface area contributed by atoms with Crippen molar-refractivity contribution in [2.45, 2.75) is 6.92 Å². The summed E-state index contributed by atoms with van der Waals surface area (Å²) in [6, 6.07) is 7.98. The highest BCUT2D eigenvalue weighted by molar-refractivity contribution is 6.32. The molecule has 0 bridgehead atoms. The predicted molar refractivity (Wildman–Crippen MR) is 95.3 cm³/mol. The Kier molecular flexibility index (Phi) is 4.46. The maximum absolute atomic E-state index is 14.7. The summed E-state index contributed by atoms with van der Waals surface area (Å²) in [5.41, 5.74) is 12.6. The Morgan fingerprint density at radius 3 is 2.76 bits per heavy atom. The van der Waals surface area contributed by atoms with Crippen LogP contribution in [0.3, 0.4) is 0 Å². The number of amides is 1. The van der Waals surface area contributed by atoms with Gasteiger partial charge in [-0.3, -0.25) is 4.79 Å². The van der Waals surface area contributed by atoms with Gasteiger partial charge in [0.15, 0.2) is 5.96 Å². The fourth-order valence-electron chi connectivity index (χ4n) is 2.65. The number of aliphatic imine (C=N–C) groups is 1. The summed E-state index contributed by atoms with van der Waals surface area (Å²) in [5.74, 6) is -0.811. The molecule has 25 heavy (non-hydrogen) atoms. The highest BCUT2D eigenvalue weighted by atomic mass is 35.5. The van der Waals surface area contributed by atoms with Crippen LogP contribution in [0.4, 0.5) is 4.39 Å². The van der Waals surface area contributed by atoms with Crippen molar-refractivity contribution in [3.05, 3.63) is 69.5 Å². The van der Waals surface area contributed by atoms with E-state index in [1.165, 1.54) is 0 Å². The lowest BCUT2D eigenvalue weighted by molar-refractivity contribution is 0.100. The molecule has 4 N–H and O–H groups in total. The zero-order chi connectivity index (χ0) is 18.1. The van der Waals surface area contributed by atoms with Crippen LogP contribution in [0.15, 0.2) is 41.4 Å². The van der Waals surface area contributed by atoms with Gasteiger partial charge >= 0.3 is 0 Å². The number of halogens is 2. The van der Waals surface area contributed by atoms with Crippen LogP contribution in [-0.2, 0) is 0 Å². The maximum atomic E-state index is 14.7. The summed E-state index contributed by atoms with van der Waals surface area (Å²) in [7, 11) is 0. The van der Waals surface area contributed by atoms with Crippen molar-refractivity contribution in [1.29, 1.82) is 0 Å². The van der Waals surface area contributed by atoms with Gasteiger partial charge in [-0.15, -0.1) is 0 Å². The summed E-state index contributed by atoms with van der Waals surface area (Å²) in [6.45, 7) is 1.93. The van der Waals surface area contributed by atoms with Crippen LogP contribution < -0.4 is 16.2 Å².